The zero-order valence-electron chi connectivity index (χ0n) is 36.5. The first-order valence-corrected chi connectivity index (χ1v) is 23.4. The van der Waals surface area contributed by atoms with Crippen LogP contribution in [0.1, 0.15) is 129 Å². The average Bonchev–Trinajstić information content (AvgIpc) is 3.86. The van der Waals surface area contributed by atoms with Gasteiger partial charge in [0, 0.05) is 45.3 Å². The van der Waals surface area contributed by atoms with Crippen molar-refractivity contribution in [2.24, 2.45) is 0 Å². The van der Waals surface area contributed by atoms with Crippen molar-refractivity contribution in [3.05, 3.63) is 130 Å². The number of thiocarbonyl (C=S) groups is 1. The summed E-state index contributed by atoms with van der Waals surface area (Å²) >= 11 is 7.04. The summed E-state index contributed by atoms with van der Waals surface area (Å²) in [5, 5.41) is 19.7. The van der Waals surface area contributed by atoms with E-state index in [1.165, 1.54) is 32.1 Å². The molecule has 7 rings (SSSR count). The third-order valence-electron chi connectivity index (χ3n) is 12.5. The smallest absolute Gasteiger partial charge is 0.335 e. The molecule has 5 aromatic rings. The van der Waals surface area contributed by atoms with E-state index in [1.54, 1.807) is 65.9 Å². The first-order valence-electron chi connectivity index (χ1n) is 22.2. The second-order valence-electron chi connectivity index (χ2n) is 16.4. The minimum Gasteiger partial charge on any atom is -0.478 e. The van der Waals surface area contributed by atoms with Crippen molar-refractivity contribution in [3.8, 4) is 21.6 Å². The molecule has 63 heavy (non-hydrogen) atoms. The number of rotatable bonds is 19. The summed E-state index contributed by atoms with van der Waals surface area (Å²) in [6, 6.07) is 31.1. The first-order chi connectivity index (χ1) is 30.5. The standard InChI is InChI=1S/C52H55N3O6S2/c1-5-9-11-13-29-52(30-14-12-10-6-2)44-31-36(46-28-25-40(63-46)33-43-47(56)53(7-3)51(62)54(8-4)48(43)57)19-26-41(44)42-27-24-39(32-45(42)52)55(37-20-15-34(16-21-37)49(58)59)38-22-17-35(18-23-38)50(60)61/h15-28,31-33H,5-14,29-30H2,1-4H3,(H,58,59)(H,60,61). The van der Waals surface area contributed by atoms with E-state index in [1.807, 2.05) is 19.9 Å². The van der Waals surface area contributed by atoms with Crippen LogP contribution in [-0.4, -0.2) is 62.0 Å². The van der Waals surface area contributed by atoms with Crippen LogP contribution in [-0.2, 0) is 15.0 Å². The highest BCUT2D eigenvalue weighted by Crippen LogP contribution is 2.56. The number of unbranched alkanes of at least 4 members (excludes halogenated alkanes) is 6. The first kappa shape index (κ1) is 45.1. The van der Waals surface area contributed by atoms with E-state index < -0.39 is 11.9 Å². The lowest BCUT2D eigenvalue weighted by molar-refractivity contribution is -0.133. The predicted molar refractivity (Wildman–Crippen MR) is 257 cm³/mol. The molecule has 2 N–H and O–H groups in total. The highest BCUT2D eigenvalue weighted by Gasteiger charge is 2.43. The molecule has 0 radical (unpaired) electrons. The van der Waals surface area contributed by atoms with Crippen LogP contribution in [0.2, 0.25) is 0 Å². The Morgan fingerprint density at radius 1 is 0.635 bits per heavy atom. The number of benzene rings is 4. The fourth-order valence-electron chi connectivity index (χ4n) is 9.21. The molecule has 1 saturated heterocycles. The summed E-state index contributed by atoms with van der Waals surface area (Å²) in [6.07, 6.45) is 12.6. The number of thiophene rings is 1. The molecule has 0 bridgehead atoms. The molecule has 326 valence electrons. The van der Waals surface area contributed by atoms with Gasteiger partial charge in [-0.3, -0.25) is 19.4 Å². The second-order valence-corrected chi connectivity index (χ2v) is 17.9. The molecule has 2 heterocycles. The van der Waals surface area contributed by atoms with Gasteiger partial charge in [-0.25, -0.2) is 9.59 Å². The number of anilines is 3. The maximum absolute atomic E-state index is 13.5. The van der Waals surface area contributed by atoms with Gasteiger partial charge < -0.3 is 15.1 Å². The maximum atomic E-state index is 13.5. The monoisotopic (exact) mass is 881 g/mol. The number of hydrogen-bond donors (Lipinski definition) is 2. The van der Waals surface area contributed by atoms with Crippen molar-refractivity contribution in [2.45, 2.75) is 97.3 Å². The van der Waals surface area contributed by atoms with Crippen LogP contribution in [0.5, 0.6) is 0 Å². The van der Waals surface area contributed by atoms with Gasteiger partial charge in [-0.15, -0.1) is 11.3 Å². The van der Waals surface area contributed by atoms with Crippen LogP contribution < -0.4 is 4.90 Å². The number of likely N-dealkylation sites (N-methyl/N-ethyl adjacent to an activating group) is 2. The van der Waals surface area contributed by atoms with E-state index in [4.69, 9.17) is 12.2 Å². The molecule has 2 amide bonds. The third-order valence-corrected chi connectivity index (χ3v) is 14.0. The number of fused-ring (bicyclic) bond motifs is 3. The molecule has 0 atom stereocenters. The predicted octanol–water partition coefficient (Wildman–Crippen LogP) is 12.9. The van der Waals surface area contributed by atoms with Crippen LogP contribution >= 0.6 is 23.6 Å². The van der Waals surface area contributed by atoms with Crippen molar-refractivity contribution < 1.29 is 29.4 Å². The topological polar surface area (TPSA) is 118 Å². The Labute approximate surface area is 379 Å². The van der Waals surface area contributed by atoms with Crippen LogP contribution in [0.25, 0.3) is 27.6 Å². The minimum atomic E-state index is -1.01. The van der Waals surface area contributed by atoms with Gasteiger partial charge in [0.2, 0.25) is 0 Å². The van der Waals surface area contributed by atoms with Crippen molar-refractivity contribution in [2.75, 3.05) is 18.0 Å². The van der Waals surface area contributed by atoms with Crippen molar-refractivity contribution in [1.82, 2.24) is 9.80 Å². The summed E-state index contributed by atoms with van der Waals surface area (Å²) in [5.41, 5.74) is 8.64. The van der Waals surface area contributed by atoms with Gasteiger partial charge in [0.15, 0.2) is 5.11 Å². The highest BCUT2D eigenvalue weighted by atomic mass is 32.1. The molecule has 9 nitrogen and oxygen atoms in total. The fraction of sp³-hybridized carbons (Fsp3) is 0.327. The van der Waals surface area contributed by atoms with E-state index in [9.17, 15) is 29.4 Å². The van der Waals surface area contributed by atoms with Gasteiger partial charge >= 0.3 is 11.9 Å². The van der Waals surface area contributed by atoms with Crippen LogP contribution in [0.15, 0.2) is 103 Å². The average molecular weight is 882 g/mol. The molecule has 4 aromatic carbocycles. The number of amides is 2. The number of carbonyl (C=O) groups is 4. The lowest BCUT2D eigenvalue weighted by atomic mass is 9.70. The summed E-state index contributed by atoms with van der Waals surface area (Å²) < 4.78 is 0. The normalized spacial score (nSPS) is 14.2. The molecule has 0 spiro atoms. The molecule has 2 aliphatic rings. The Bertz CT molecular complexity index is 2460. The number of nitrogens with zero attached hydrogens (tertiary/aromatic N) is 3. The number of hydrogen-bond acceptors (Lipinski definition) is 7. The van der Waals surface area contributed by atoms with Gasteiger partial charge in [0.05, 0.1) is 11.1 Å². The number of carboxylic acid groups (broad SMARTS) is 2. The molecular formula is C52H55N3O6S2. The zero-order valence-corrected chi connectivity index (χ0v) is 38.1. The highest BCUT2D eigenvalue weighted by molar-refractivity contribution is 7.80. The van der Waals surface area contributed by atoms with Crippen LogP contribution in [0, 0.1) is 0 Å². The molecular weight excluding hydrogens is 827 g/mol. The summed E-state index contributed by atoms with van der Waals surface area (Å²) in [6.45, 7) is 8.94. The van der Waals surface area contributed by atoms with Gasteiger partial charge in [-0.05, 0) is 152 Å². The van der Waals surface area contributed by atoms with E-state index >= 15 is 0 Å². The lowest BCUT2D eigenvalue weighted by Crippen LogP contribution is -2.55. The van der Waals surface area contributed by atoms with E-state index in [0.717, 1.165) is 96.6 Å². The van der Waals surface area contributed by atoms with Crippen LogP contribution in [0.4, 0.5) is 17.1 Å². The quantitative estimate of drug-likeness (QED) is 0.0364. The number of carboxylic acids is 2. The minimum absolute atomic E-state index is 0.115. The van der Waals surface area contributed by atoms with Crippen molar-refractivity contribution in [1.29, 1.82) is 0 Å². The van der Waals surface area contributed by atoms with Crippen LogP contribution in [0.3, 0.4) is 0 Å². The van der Waals surface area contributed by atoms with E-state index in [0.29, 0.717) is 13.1 Å². The molecule has 0 saturated carbocycles. The molecule has 11 heteroatoms. The summed E-state index contributed by atoms with van der Waals surface area (Å²) in [4.78, 5) is 57.5. The lowest BCUT2D eigenvalue weighted by Gasteiger charge is -2.35. The fourth-order valence-corrected chi connectivity index (χ4v) is 10.6. The van der Waals surface area contributed by atoms with Gasteiger partial charge in [-0.1, -0.05) is 83.4 Å². The number of carbonyl (C=O) groups excluding carboxylic acids is 2. The molecule has 1 aliphatic heterocycles. The molecule has 1 aromatic heterocycles. The van der Waals surface area contributed by atoms with Gasteiger partial charge in [-0.2, -0.15) is 0 Å². The number of aromatic carboxylic acids is 2. The Hall–Kier alpha value is -5.91. The summed E-state index contributed by atoms with van der Waals surface area (Å²) in [7, 11) is 0. The Kier molecular flexibility index (Phi) is 14.1. The van der Waals surface area contributed by atoms with E-state index in [2.05, 4.69) is 61.2 Å². The Balaban J connectivity index is 1.35. The Morgan fingerprint density at radius 3 is 1.62 bits per heavy atom. The maximum Gasteiger partial charge on any atom is 0.335 e. The van der Waals surface area contributed by atoms with E-state index in [-0.39, 0.29) is 39.0 Å². The largest absolute Gasteiger partial charge is 0.478 e. The van der Waals surface area contributed by atoms with Gasteiger partial charge in [0.1, 0.15) is 5.57 Å². The Morgan fingerprint density at radius 2 is 1.13 bits per heavy atom. The second kappa shape index (κ2) is 19.6. The molecule has 1 fully saturated rings. The van der Waals surface area contributed by atoms with Crippen molar-refractivity contribution in [3.63, 3.8) is 0 Å². The SMILES string of the molecule is CCCCCCC1(CCCCCC)c2cc(-c3ccc(C=C4C(=O)N(CC)C(=S)N(CC)C4=O)s3)ccc2-c2ccc(N(c3ccc(C(=O)O)cc3)c3ccc(C(=O)O)cc3)cc21. The van der Waals surface area contributed by atoms with Gasteiger partial charge in [0.25, 0.3) is 11.8 Å². The third kappa shape index (κ3) is 8.99. The molecule has 0 unspecified atom stereocenters. The summed E-state index contributed by atoms with van der Waals surface area (Å²) in [5.74, 6) is -2.75. The zero-order chi connectivity index (χ0) is 44.8. The molecule has 1 aliphatic carbocycles. The van der Waals surface area contributed by atoms with Crippen molar-refractivity contribution >= 4 is 75.6 Å².